The van der Waals surface area contributed by atoms with Crippen molar-refractivity contribution >= 4 is 33.6 Å². The van der Waals surface area contributed by atoms with Crippen LogP contribution >= 0.6 is 11.3 Å². The summed E-state index contributed by atoms with van der Waals surface area (Å²) in [5, 5.41) is 15.4. The zero-order valence-electron chi connectivity index (χ0n) is 13.8. The van der Waals surface area contributed by atoms with E-state index in [1.165, 1.54) is 30.4 Å². The number of phenolic OH excluding ortho intramolecular Hbond substituents is 1. The second-order valence-corrected chi connectivity index (χ2v) is 6.97. The fourth-order valence-electron chi connectivity index (χ4n) is 3.15. The monoisotopic (exact) mass is 354 g/mol. The summed E-state index contributed by atoms with van der Waals surface area (Å²) in [6, 6.07) is 5.27. The fraction of sp³-hybridized carbons (Fsp3) is 0.278. The molecule has 1 aliphatic rings. The van der Waals surface area contributed by atoms with Gasteiger partial charge in [0.2, 0.25) is 0 Å². The van der Waals surface area contributed by atoms with Gasteiger partial charge in [-0.05, 0) is 43.4 Å². The summed E-state index contributed by atoms with van der Waals surface area (Å²) >= 11 is 1.75. The Morgan fingerprint density at radius 1 is 1.28 bits per heavy atom. The highest BCUT2D eigenvalue weighted by molar-refractivity contribution is 7.19. The minimum Gasteiger partial charge on any atom is -0.504 e. The van der Waals surface area contributed by atoms with E-state index in [2.05, 4.69) is 20.5 Å². The molecule has 0 saturated heterocycles. The number of thiophene rings is 1. The molecular formula is C18H18N4O2S. The smallest absolute Gasteiger partial charge is 0.166 e. The van der Waals surface area contributed by atoms with Gasteiger partial charge in [0.1, 0.15) is 11.2 Å². The molecule has 0 unspecified atom stereocenters. The topological polar surface area (TPSA) is 79.6 Å². The third-order valence-electron chi connectivity index (χ3n) is 4.38. The van der Waals surface area contributed by atoms with Crippen LogP contribution in [0.25, 0.3) is 10.2 Å². The molecule has 2 N–H and O–H groups in total. The number of para-hydroxylation sites is 1. The third kappa shape index (κ3) is 2.91. The number of rotatable bonds is 4. The lowest BCUT2D eigenvalue weighted by atomic mass is 9.97. The molecule has 3 aromatic rings. The summed E-state index contributed by atoms with van der Waals surface area (Å²) in [5.74, 6) is 1.19. The Balaban J connectivity index is 1.64. The van der Waals surface area contributed by atoms with Crippen LogP contribution in [0.2, 0.25) is 0 Å². The molecule has 2 aromatic heterocycles. The maximum Gasteiger partial charge on any atom is 0.166 e. The van der Waals surface area contributed by atoms with Gasteiger partial charge in [-0.3, -0.25) is 5.43 Å². The standard InChI is InChI=1S/C18H18N4O2S/c1-24-13-7-4-5-11(16(13)23)9-21-22-17-15-12-6-2-3-8-14(12)25-18(15)20-10-19-17/h4-5,7,9-10,23H,2-3,6,8H2,1H3,(H,19,20,22). The molecule has 128 valence electrons. The van der Waals surface area contributed by atoms with E-state index in [-0.39, 0.29) is 5.75 Å². The SMILES string of the molecule is COc1cccc(C=NNc2ncnc3sc4c(c23)CCCC4)c1O. The number of hydrogen-bond acceptors (Lipinski definition) is 7. The second-order valence-electron chi connectivity index (χ2n) is 5.88. The summed E-state index contributed by atoms with van der Waals surface area (Å²) < 4.78 is 5.11. The molecule has 0 bridgehead atoms. The van der Waals surface area contributed by atoms with Crippen LogP contribution in [0, 0.1) is 0 Å². The van der Waals surface area contributed by atoms with Gasteiger partial charge in [-0.2, -0.15) is 5.10 Å². The first-order chi connectivity index (χ1) is 12.3. The number of aromatic hydroxyl groups is 1. The van der Waals surface area contributed by atoms with Crippen molar-refractivity contribution in [2.24, 2.45) is 5.10 Å². The van der Waals surface area contributed by atoms with Gasteiger partial charge in [0, 0.05) is 10.4 Å². The fourth-order valence-corrected chi connectivity index (χ4v) is 4.38. The van der Waals surface area contributed by atoms with E-state index >= 15 is 0 Å². The van der Waals surface area contributed by atoms with Crippen molar-refractivity contribution < 1.29 is 9.84 Å². The number of aromatic nitrogens is 2. The lowest BCUT2D eigenvalue weighted by Crippen LogP contribution is -2.01. The molecule has 0 saturated carbocycles. The van der Waals surface area contributed by atoms with Crippen LogP contribution in [0.1, 0.15) is 28.8 Å². The maximum absolute atomic E-state index is 10.1. The first-order valence-electron chi connectivity index (χ1n) is 8.18. The molecule has 0 spiro atoms. The Morgan fingerprint density at radius 2 is 2.16 bits per heavy atom. The second kappa shape index (κ2) is 6.68. The molecule has 0 fully saturated rings. The summed E-state index contributed by atoms with van der Waals surface area (Å²) in [6.07, 6.45) is 7.75. The number of hydrazone groups is 1. The maximum atomic E-state index is 10.1. The van der Waals surface area contributed by atoms with Crippen molar-refractivity contribution in [1.29, 1.82) is 0 Å². The van der Waals surface area contributed by atoms with Gasteiger partial charge in [-0.1, -0.05) is 6.07 Å². The van der Waals surface area contributed by atoms with Gasteiger partial charge >= 0.3 is 0 Å². The van der Waals surface area contributed by atoms with Crippen LogP contribution in [0.4, 0.5) is 5.82 Å². The summed E-state index contributed by atoms with van der Waals surface area (Å²) in [7, 11) is 1.52. The van der Waals surface area contributed by atoms with E-state index in [0.29, 0.717) is 17.1 Å². The van der Waals surface area contributed by atoms with Gasteiger partial charge in [0.25, 0.3) is 0 Å². The van der Waals surface area contributed by atoms with Gasteiger partial charge in [-0.25, -0.2) is 9.97 Å². The number of methoxy groups -OCH3 is 1. The number of fused-ring (bicyclic) bond motifs is 3. The molecule has 1 aromatic carbocycles. The molecule has 0 amide bonds. The molecule has 4 rings (SSSR count). The van der Waals surface area contributed by atoms with Crippen molar-refractivity contribution in [1.82, 2.24) is 9.97 Å². The average Bonchev–Trinajstić information content (AvgIpc) is 3.02. The van der Waals surface area contributed by atoms with Crippen LogP contribution < -0.4 is 10.2 Å². The Morgan fingerprint density at radius 3 is 3.04 bits per heavy atom. The van der Waals surface area contributed by atoms with Gasteiger partial charge in [0.15, 0.2) is 17.3 Å². The molecular weight excluding hydrogens is 336 g/mol. The van der Waals surface area contributed by atoms with Crippen molar-refractivity contribution in [3.63, 3.8) is 0 Å². The van der Waals surface area contributed by atoms with Crippen LogP contribution in [-0.4, -0.2) is 28.4 Å². The van der Waals surface area contributed by atoms with E-state index in [1.807, 2.05) is 0 Å². The van der Waals surface area contributed by atoms with Crippen molar-refractivity contribution in [3.05, 3.63) is 40.5 Å². The Labute approximate surface area is 149 Å². The molecule has 0 aliphatic heterocycles. The van der Waals surface area contributed by atoms with Gasteiger partial charge in [0.05, 0.1) is 18.7 Å². The number of nitrogens with one attached hydrogen (secondary N) is 1. The van der Waals surface area contributed by atoms with Crippen molar-refractivity contribution in [3.8, 4) is 11.5 Å². The van der Waals surface area contributed by atoms with Crippen LogP contribution in [0.15, 0.2) is 29.6 Å². The van der Waals surface area contributed by atoms with Crippen LogP contribution in [-0.2, 0) is 12.8 Å². The molecule has 0 radical (unpaired) electrons. The highest BCUT2D eigenvalue weighted by Gasteiger charge is 2.19. The van der Waals surface area contributed by atoms with E-state index in [1.54, 1.807) is 42.1 Å². The van der Waals surface area contributed by atoms with Crippen LogP contribution in [0.5, 0.6) is 11.5 Å². The van der Waals surface area contributed by atoms with E-state index < -0.39 is 0 Å². The van der Waals surface area contributed by atoms with E-state index in [0.717, 1.165) is 23.1 Å². The highest BCUT2D eigenvalue weighted by atomic mass is 32.1. The van der Waals surface area contributed by atoms with Gasteiger partial charge in [-0.15, -0.1) is 11.3 Å². The number of hydrogen-bond donors (Lipinski definition) is 2. The average molecular weight is 354 g/mol. The number of ether oxygens (including phenoxy) is 1. The third-order valence-corrected chi connectivity index (χ3v) is 5.58. The quantitative estimate of drug-likeness (QED) is 0.551. The first kappa shape index (κ1) is 15.8. The molecule has 1 aliphatic carbocycles. The van der Waals surface area contributed by atoms with Crippen molar-refractivity contribution in [2.45, 2.75) is 25.7 Å². The normalized spacial score (nSPS) is 14.0. The van der Waals surface area contributed by atoms with Crippen LogP contribution in [0.3, 0.4) is 0 Å². The summed E-state index contributed by atoms with van der Waals surface area (Å²) in [6.45, 7) is 0. The lowest BCUT2D eigenvalue weighted by molar-refractivity contribution is 0.373. The Kier molecular flexibility index (Phi) is 4.23. The molecule has 25 heavy (non-hydrogen) atoms. The number of aryl methyl sites for hydroxylation is 2. The molecule has 0 atom stereocenters. The minimum absolute atomic E-state index is 0.0660. The van der Waals surface area contributed by atoms with Crippen molar-refractivity contribution in [2.75, 3.05) is 12.5 Å². The number of benzene rings is 1. The Hall–Kier alpha value is -2.67. The number of phenols is 1. The molecule has 6 nitrogen and oxygen atoms in total. The largest absolute Gasteiger partial charge is 0.504 e. The zero-order chi connectivity index (χ0) is 17.2. The lowest BCUT2D eigenvalue weighted by Gasteiger charge is -2.11. The predicted octanol–water partition coefficient (Wildman–Crippen LogP) is 3.73. The minimum atomic E-state index is 0.0660. The van der Waals surface area contributed by atoms with Gasteiger partial charge < -0.3 is 9.84 Å². The molecule has 7 heteroatoms. The zero-order valence-corrected chi connectivity index (χ0v) is 14.6. The highest BCUT2D eigenvalue weighted by Crippen LogP contribution is 2.38. The summed E-state index contributed by atoms with van der Waals surface area (Å²) in [5.41, 5.74) is 4.94. The Bertz CT molecular complexity index is 952. The van der Waals surface area contributed by atoms with E-state index in [4.69, 9.17) is 4.74 Å². The first-order valence-corrected chi connectivity index (χ1v) is 9.00. The summed E-state index contributed by atoms with van der Waals surface area (Å²) in [4.78, 5) is 11.2. The number of nitrogens with zero attached hydrogens (tertiary/aromatic N) is 3. The molecule has 2 heterocycles. The predicted molar refractivity (Wildman–Crippen MR) is 99.9 cm³/mol. The van der Waals surface area contributed by atoms with E-state index in [9.17, 15) is 5.11 Å². The number of anilines is 1.